The second kappa shape index (κ2) is 4.40. The SMILES string of the molecule is O=C(O)C=C1CCc2cc([N+](=O)[O-])ccc2C1=O. The Kier molecular flexibility index (Phi) is 2.93. The predicted octanol–water partition coefficient (Wildman–Crippen LogP) is 1.73. The van der Waals surface area contributed by atoms with Gasteiger partial charge in [-0.2, -0.15) is 0 Å². The minimum atomic E-state index is -1.16. The summed E-state index contributed by atoms with van der Waals surface area (Å²) in [6.45, 7) is 0. The summed E-state index contributed by atoms with van der Waals surface area (Å²) in [5.74, 6) is -1.53. The highest BCUT2D eigenvalue weighted by Gasteiger charge is 2.24. The molecule has 0 saturated carbocycles. The van der Waals surface area contributed by atoms with Crippen LogP contribution >= 0.6 is 0 Å². The normalized spacial score (nSPS) is 16.4. The van der Waals surface area contributed by atoms with Crippen LogP contribution in [0.25, 0.3) is 0 Å². The highest BCUT2D eigenvalue weighted by atomic mass is 16.6. The Bertz CT molecular complexity index is 588. The smallest absolute Gasteiger partial charge is 0.328 e. The van der Waals surface area contributed by atoms with Gasteiger partial charge >= 0.3 is 5.97 Å². The molecule has 0 aliphatic heterocycles. The molecule has 0 radical (unpaired) electrons. The first-order valence-corrected chi connectivity index (χ1v) is 5.24. The van der Waals surface area contributed by atoms with E-state index in [0.717, 1.165) is 6.08 Å². The number of benzene rings is 1. The average Bonchev–Trinajstić information content (AvgIpc) is 2.32. The number of Topliss-reactive ketones (excluding diaryl/α,β-unsaturated/α-hetero) is 1. The second-order valence-corrected chi connectivity index (χ2v) is 3.94. The Labute approximate surface area is 102 Å². The third kappa shape index (κ3) is 2.13. The number of non-ortho nitro benzene ring substituents is 1. The van der Waals surface area contributed by atoms with Gasteiger partial charge in [0.05, 0.1) is 4.92 Å². The molecule has 0 atom stereocenters. The summed E-state index contributed by atoms with van der Waals surface area (Å²) in [5.41, 5.74) is 1.10. The lowest BCUT2D eigenvalue weighted by Crippen LogP contribution is -2.15. The van der Waals surface area contributed by atoms with E-state index in [-0.39, 0.29) is 17.0 Å². The molecule has 0 amide bonds. The van der Waals surface area contributed by atoms with Crippen LogP contribution in [0.5, 0.6) is 0 Å². The van der Waals surface area contributed by atoms with Crippen molar-refractivity contribution in [3.05, 3.63) is 51.1 Å². The highest BCUT2D eigenvalue weighted by molar-refractivity contribution is 6.13. The van der Waals surface area contributed by atoms with Gasteiger partial charge in [-0.05, 0) is 24.5 Å². The van der Waals surface area contributed by atoms with Crippen LogP contribution in [0.15, 0.2) is 29.8 Å². The van der Waals surface area contributed by atoms with Gasteiger partial charge < -0.3 is 5.11 Å². The fourth-order valence-corrected chi connectivity index (χ4v) is 1.96. The number of rotatable bonds is 2. The first-order valence-electron chi connectivity index (χ1n) is 5.24. The van der Waals surface area contributed by atoms with Gasteiger partial charge in [0.2, 0.25) is 0 Å². The van der Waals surface area contributed by atoms with Crippen LogP contribution in [0.1, 0.15) is 22.3 Å². The van der Waals surface area contributed by atoms with Crippen LogP contribution in [-0.2, 0) is 11.2 Å². The third-order valence-electron chi connectivity index (χ3n) is 2.80. The molecule has 1 aromatic carbocycles. The number of hydrogen-bond acceptors (Lipinski definition) is 4. The van der Waals surface area contributed by atoms with Crippen molar-refractivity contribution in [2.24, 2.45) is 0 Å². The van der Waals surface area contributed by atoms with Gasteiger partial charge in [0, 0.05) is 29.3 Å². The monoisotopic (exact) mass is 247 g/mol. The molecule has 1 aliphatic rings. The molecule has 2 rings (SSSR count). The van der Waals surface area contributed by atoms with E-state index < -0.39 is 10.9 Å². The quantitative estimate of drug-likeness (QED) is 0.487. The van der Waals surface area contributed by atoms with Crippen molar-refractivity contribution in [3.8, 4) is 0 Å². The topological polar surface area (TPSA) is 97.5 Å². The molecule has 0 spiro atoms. The van der Waals surface area contributed by atoms with E-state index in [1.54, 1.807) is 0 Å². The summed E-state index contributed by atoms with van der Waals surface area (Å²) in [7, 11) is 0. The standard InChI is InChI=1S/C12H9NO5/c14-11(15)6-8-2-1-7-5-9(13(17)18)3-4-10(7)12(8)16/h3-6H,1-2H2,(H,14,15). The molecule has 0 bridgehead atoms. The number of carbonyl (C=O) groups is 2. The first kappa shape index (κ1) is 12.0. The number of carboxylic acid groups (broad SMARTS) is 1. The number of nitrogens with zero attached hydrogens (tertiary/aromatic N) is 1. The van der Waals surface area contributed by atoms with Gasteiger partial charge in [0.15, 0.2) is 5.78 Å². The lowest BCUT2D eigenvalue weighted by molar-refractivity contribution is -0.384. The number of ketones is 1. The predicted molar refractivity (Wildman–Crippen MR) is 61.5 cm³/mol. The summed E-state index contributed by atoms with van der Waals surface area (Å²) < 4.78 is 0. The van der Waals surface area contributed by atoms with Crippen LogP contribution in [-0.4, -0.2) is 21.8 Å². The zero-order chi connectivity index (χ0) is 13.3. The van der Waals surface area contributed by atoms with Crippen molar-refractivity contribution < 1.29 is 19.6 Å². The lowest BCUT2D eigenvalue weighted by atomic mass is 9.86. The van der Waals surface area contributed by atoms with Gasteiger partial charge in [-0.3, -0.25) is 14.9 Å². The summed E-state index contributed by atoms with van der Waals surface area (Å²) in [5, 5.41) is 19.2. The van der Waals surface area contributed by atoms with Crippen LogP contribution in [0.2, 0.25) is 0 Å². The zero-order valence-corrected chi connectivity index (χ0v) is 9.25. The van der Waals surface area contributed by atoms with Gasteiger partial charge in [-0.1, -0.05) is 0 Å². The van der Waals surface area contributed by atoms with E-state index in [1.165, 1.54) is 18.2 Å². The number of fused-ring (bicyclic) bond motifs is 1. The number of hydrogen-bond donors (Lipinski definition) is 1. The van der Waals surface area contributed by atoms with E-state index in [1.807, 2.05) is 0 Å². The average molecular weight is 247 g/mol. The largest absolute Gasteiger partial charge is 0.478 e. The fourth-order valence-electron chi connectivity index (χ4n) is 1.96. The van der Waals surface area contributed by atoms with Crippen LogP contribution in [0.3, 0.4) is 0 Å². The zero-order valence-electron chi connectivity index (χ0n) is 9.25. The van der Waals surface area contributed by atoms with Crippen molar-refractivity contribution in [2.45, 2.75) is 12.8 Å². The molecule has 18 heavy (non-hydrogen) atoms. The summed E-state index contributed by atoms with van der Waals surface area (Å²) in [4.78, 5) is 32.6. The Morgan fingerprint density at radius 3 is 2.72 bits per heavy atom. The molecule has 0 unspecified atom stereocenters. The maximum Gasteiger partial charge on any atom is 0.328 e. The van der Waals surface area contributed by atoms with Gasteiger partial charge in [-0.25, -0.2) is 4.79 Å². The highest BCUT2D eigenvalue weighted by Crippen LogP contribution is 2.28. The third-order valence-corrected chi connectivity index (χ3v) is 2.80. The Morgan fingerprint density at radius 2 is 2.11 bits per heavy atom. The summed E-state index contributed by atoms with van der Waals surface area (Å²) >= 11 is 0. The molecule has 1 N–H and O–H groups in total. The van der Waals surface area contributed by atoms with Crippen molar-refractivity contribution in [2.75, 3.05) is 0 Å². The molecular formula is C12H9NO5. The van der Waals surface area contributed by atoms with Crippen molar-refractivity contribution in [1.29, 1.82) is 0 Å². The molecule has 0 saturated heterocycles. The Balaban J connectivity index is 2.43. The van der Waals surface area contributed by atoms with Crippen LogP contribution < -0.4 is 0 Å². The van der Waals surface area contributed by atoms with Crippen LogP contribution in [0, 0.1) is 10.1 Å². The van der Waals surface area contributed by atoms with E-state index in [4.69, 9.17) is 5.11 Å². The first-order chi connectivity index (χ1) is 8.49. The van der Waals surface area contributed by atoms with Gasteiger partial charge in [0.1, 0.15) is 0 Å². The number of nitro benzene ring substituents is 1. The second-order valence-electron chi connectivity index (χ2n) is 3.94. The number of aliphatic carboxylic acids is 1. The molecule has 1 aromatic rings. The molecule has 0 heterocycles. The Hall–Kier alpha value is -2.50. The van der Waals surface area contributed by atoms with Gasteiger partial charge in [-0.15, -0.1) is 0 Å². The van der Waals surface area contributed by atoms with Crippen molar-refractivity contribution in [3.63, 3.8) is 0 Å². The summed E-state index contributed by atoms with van der Waals surface area (Å²) in [6, 6.07) is 4.00. The molecule has 6 heteroatoms. The molecule has 0 aromatic heterocycles. The maximum atomic E-state index is 11.9. The molecule has 92 valence electrons. The van der Waals surface area contributed by atoms with E-state index in [0.29, 0.717) is 24.0 Å². The van der Waals surface area contributed by atoms with E-state index in [2.05, 4.69) is 0 Å². The van der Waals surface area contributed by atoms with Gasteiger partial charge in [0.25, 0.3) is 5.69 Å². The maximum absolute atomic E-state index is 11.9. The molecule has 1 aliphatic carbocycles. The minimum Gasteiger partial charge on any atom is -0.478 e. The lowest BCUT2D eigenvalue weighted by Gasteiger charge is -2.16. The minimum absolute atomic E-state index is 0.0628. The Morgan fingerprint density at radius 1 is 1.39 bits per heavy atom. The number of aryl methyl sites for hydroxylation is 1. The molecule has 6 nitrogen and oxygen atoms in total. The molecular weight excluding hydrogens is 238 g/mol. The van der Waals surface area contributed by atoms with E-state index in [9.17, 15) is 19.7 Å². The number of allylic oxidation sites excluding steroid dienone is 1. The van der Waals surface area contributed by atoms with Crippen molar-refractivity contribution in [1.82, 2.24) is 0 Å². The van der Waals surface area contributed by atoms with Crippen molar-refractivity contribution >= 4 is 17.4 Å². The molecule has 0 fully saturated rings. The van der Waals surface area contributed by atoms with E-state index >= 15 is 0 Å². The van der Waals surface area contributed by atoms with Crippen LogP contribution in [0.4, 0.5) is 5.69 Å². The number of nitro groups is 1. The summed E-state index contributed by atoms with van der Waals surface area (Å²) in [6.07, 6.45) is 1.62. The number of carbonyl (C=O) groups excluding carboxylic acids is 1. The fraction of sp³-hybridized carbons (Fsp3) is 0.167. The number of carboxylic acids is 1.